The van der Waals surface area contributed by atoms with Gasteiger partial charge in [-0.2, -0.15) is 0 Å². The van der Waals surface area contributed by atoms with Crippen molar-refractivity contribution in [2.45, 2.75) is 39.0 Å². The first-order valence-electron chi connectivity index (χ1n) is 6.68. The number of rotatable bonds is 13. The summed E-state index contributed by atoms with van der Waals surface area (Å²) in [5.74, 6) is -0.115. The minimum absolute atomic E-state index is 0.115. The van der Waals surface area contributed by atoms with Crippen LogP contribution in [0.2, 0.25) is 0 Å². The predicted octanol–water partition coefficient (Wildman–Crippen LogP) is 2.97. The van der Waals surface area contributed by atoms with Crippen molar-refractivity contribution in [3.05, 3.63) is 0 Å². The Morgan fingerprint density at radius 3 is 2.28 bits per heavy atom. The number of halogens is 1. The molecule has 108 valence electrons. The standard InChI is InChI=1S/C13H25IO4/c1-2-3-4-5-6-13(15)18-12-11-17-10-9-16-8-7-14/h2-12H2,1H3. The fourth-order valence-electron chi connectivity index (χ4n) is 1.36. The Labute approximate surface area is 124 Å². The summed E-state index contributed by atoms with van der Waals surface area (Å²) in [5.41, 5.74) is 0. The second-order valence-electron chi connectivity index (χ2n) is 3.94. The number of hydrogen-bond donors (Lipinski definition) is 0. The molecule has 0 aliphatic carbocycles. The molecule has 0 aliphatic rings. The van der Waals surface area contributed by atoms with E-state index in [9.17, 15) is 4.79 Å². The zero-order chi connectivity index (χ0) is 13.5. The maximum Gasteiger partial charge on any atom is 0.305 e. The molecule has 0 aromatic rings. The molecule has 0 aliphatic heterocycles. The molecular weight excluding hydrogens is 347 g/mol. The van der Waals surface area contributed by atoms with Gasteiger partial charge in [0, 0.05) is 10.8 Å². The molecule has 0 unspecified atom stereocenters. The number of alkyl halides is 1. The number of carbonyl (C=O) groups excluding carboxylic acids is 1. The Balaban J connectivity index is 3.10. The summed E-state index contributed by atoms with van der Waals surface area (Å²) in [7, 11) is 0. The van der Waals surface area contributed by atoms with Crippen LogP contribution in [0.1, 0.15) is 39.0 Å². The molecule has 0 atom stereocenters. The molecular formula is C13H25IO4. The summed E-state index contributed by atoms with van der Waals surface area (Å²) in [6.07, 6.45) is 4.93. The molecule has 0 amide bonds. The van der Waals surface area contributed by atoms with Crippen LogP contribution in [-0.2, 0) is 19.0 Å². The molecule has 0 radical (unpaired) electrons. The minimum Gasteiger partial charge on any atom is -0.463 e. The van der Waals surface area contributed by atoms with E-state index in [4.69, 9.17) is 14.2 Å². The van der Waals surface area contributed by atoms with Gasteiger partial charge in [0.05, 0.1) is 26.4 Å². The molecule has 4 nitrogen and oxygen atoms in total. The van der Waals surface area contributed by atoms with Gasteiger partial charge in [-0.15, -0.1) is 0 Å². The van der Waals surface area contributed by atoms with Gasteiger partial charge in [0.1, 0.15) is 6.61 Å². The fraction of sp³-hybridized carbons (Fsp3) is 0.923. The largest absolute Gasteiger partial charge is 0.463 e. The molecule has 0 heterocycles. The Bertz CT molecular complexity index is 188. The topological polar surface area (TPSA) is 44.8 Å². The Morgan fingerprint density at radius 2 is 1.61 bits per heavy atom. The van der Waals surface area contributed by atoms with Crippen LogP contribution < -0.4 is 0 Å². The first kappa shape index (κ1) is 18.1. The third kappa shape index (κ3) is 14.2. The molecule has 0 bridgehead atoms. The molecule has 0 spiro atoms. The van der Waals surface area contributed by atoms with Gasteiger partial charge < -0.3 is 14.2 Å². The molecule has 18 heavy (non-hydrogen) atoms. The summed E-state index contributed by atoms with van der Waals surface area (Å²) in [6, 6.07) is 0. The van der Waals surface area contributed by atoms with E-state index < -0.39 is 0 Å². The second-order valence-corrected chi connectivity index (χ2v) is 5.02. The van der Waals surface area contributed by atoms with Crippen molar-refractivity contribution in [3.63, 3.8) is 0 Å². The molecule has 0 aromatic carbocycles. The average molecular weight is 372 g/mol. The van der Waals surface area contributed by atoms with Crippen molar-refractivity contribution >= 4 is 28.6 Å². The van der Waals surface area contributed by atoms with Crippen LogP contribution in [-0.4, -0.2) is 43.4 Å². The van der Waals surface area contributed by atoms with Gasteiger partial charge in [0.15, 0.2) is 0 Å². The van der Waals surface area contributed by atoms with Gasteiger partial charge in [-0.3, -0.25) is 4.79 Å². The Morgan fingerprint density at radius 1 is 0.944 bits per heavy atom. The molecule has 0 aromatic heterocycles. The van der Waals surface area contributed by atoms with E-state index in [0.717, 1.165) is 23.9 Å². The molecule has 0 saturated heterocycles. The first-order valence-corrected chi connectivity index (χ1v) is 8.21. The van der Waals surface area contributed by atoms with Crippen LogP contribution in [0.5, 0.6) is 0 Å². The van der Waals surface area contributed by atoms with Crippen molar-refractivity contribution in [2.24, 2.45) is 0 Å². The van der Waals surface area contributed by atoms with Crippen LogP contribution in [0, 0.1) is 0 Å². The summed E-state index contributed by atoms with van der Waals surface area (Å²) < 4.78 is 16.6. The number of unbranched alkanes of at least 4 members (excludes halogenated alkanes) is 3. The molecule has 5 heteroatoms. The van der Waals surface area contributed by atoms with E-state index >= 15 is 0 Å². The van der Waals surface area contributed by atoms with Crippen LogP contribution in [0.3, 0.4) is 0 Å². The third-order valence-electron chi connectivity index (χ3n) is 2.32. The van der Waals surface area contributed by atoms with Gasteiger partial charge in [0.25, 0.3) is 0 Å². The molecule has 0 N–H and O–H groups in total. The van der Waals surface area contributed by atoms with Crippen LogP contribution in [0.25, 0.3) is 0 Å². The van der Waals surface area contributed by atoms with Crippen molar-refractivity contribution in [1.82, 2.24) is 0 Å². The summed E-state index contributed by atoms with van der Waals surface area (Å²) in [5, 5.41) is 0. The third-order valence-corrected chi connectivity index (χ3v) is 2.76. The summed E-state index contributed by atoms with van der Waals surface area (Å²) in [6.45, 7) is 4.88. The van der Waals surface area contributed by atoms with Crippen molar-refractivity contribution in [2.75, 3.05) is 37.5 Å². The zero-order valence-corrected chi connectivity index (χ0v) is 13.4. The van der Waals surface area contributed by atoms with Gasteiger partial charge >= 0.3 is 5.97 Å². The smallest absolute Gasteiger partial charge is 0.305 e. The van der Waals surface area contributed by atoms with Gasteiger partial charge in [-0.1, -0.05) is 48.8 Å². The van der Waals surface area contributed by atoms with Gasteiger partial charge in [-0.05, 0) is 6.42 Å². The van der Waals surface area contributed by atoms with E-state index in [1.165, 1.54) is 12.8 Å². The van der Waals surface area contributed by atoms with E-state index in [1.807, 2.05) is 0 Å². The van der Waals surface area contributed by atoms with Crippen molar-refractivity contribution in [3.8, 4) is 0 Å². The maximum atomic E-state index is 11.3. The van der Waals surface area contributed by atoms with E-state index in [0.29, 0.717) is 32.8 Å². The predicted molar refractivity (Wildman–Crippen MR) is 80.2 cm³/mol. The van der Waals surface area contributed by atoms with Crippen LogP contribution in [0.15, 0.2) is 0 Å². The summed E-state index contributed by atoms with van der Waals surface area (Å²) >= 11 is 2.26. The zero-order valence-electron chi connectivity index (χ0n) is 11.3. The molecule has 0 rings (SSSR count). The lowest BCUT2D eigenvalue weighted by molar-refractivity contribution is -0.145. The number of carbonyl (C=O) groups is 1. The highest BCUT2D eigenvalue weighted by molar-refractivity contribution is 14.1. The van der Waals surface area contributed by atoms with Crippen molar-refractivity contribution in [1.29, 1.82) is 0 Å². The lowest BCUT2D eigenvalue weighted by Crippen LogP contribution is -2.13. The quantitative estimate of drug-likeness (QED) is 0.216. The Kier molecular flexibility index (Phi) is 15.3. The molecule has 0 saturated carbocycles. The lowest BCUT2D eigenvalue weighted by atomic mass is 10.2. The van der Waals surface area contributed by atoms with E-state index in [-0.39, 0.29) is 5.97 Å². The normalized spacial score (nSPS) is 10.6. The summed E-state index contributed by atoms with van der Waals surface area (Å²) in [4.78, 5) is 11.3. The number of hydrogen-bond acceptors (Lipinski definition) is 4. The SMILES string of the molecule is CCCCCCC(=O)OCCOCCOCCI. The fourth-order valence-corrected chi connectivity index (χ4v) is 1.67. The van der Waals surface area contributed by atoms with Crippen molar-refractivity contribution < 1.29 is 19.0 Å². The highest BCUT2D eigenvalue weighted by Gasteiger charge is 2.01. The van der Waals surface area contributed by atoms with Crippen LogP contribution in [0.4, 0.5) is 0 Å². The van der Waals surface area contributed by atoms with Gasteiger partial charge in [-0.25, -0.2) is 0 Å². The highest BCUT2D eigenvalue weighted by atomic mass is 127. The lowest BCUT2D eigenvalue weighted by Gasteiger charge is -2.06. The Hall–Kier alpha value is 0.120. The van der Waals surface area contributed by atoms with E-state index in [1.54, 1.807) is 0 Å². The minimum atomic E-state index is -0.115. The van der Waals surface area contributed by atoms with Crippen LogP contribution >= 0.6 is 22.6 Å². The number of esters is 1. The monoisotopic (exact) mass is 372 g/mol. The van der Waals surface area contributed by atoms with Gasteiger partial charge in [0.2, 0.25) is 0 Å². The highest BCUT2D eigenvalue weighted by Crippen LogP contribution is 2.03. The maximum absolute atomic E-state index is 11.3. The first-order chi connectivity index (χ1) is 8.81. The van der Waals surface area contributed by atoms with E-state index in [2.05, 4.69) is 29.5 Å². The average Bonchev–Trinajstić information content (AvgIpc) is 2.38. The molecule has 0 fully saturated rings. The second kappa shape index (κ2) is 15.2. The number of ether oxygens (including phenoxy) is 3.